The summed E-state index contributed by atoms with van der Waals surface area (Å²) in [5.41, 5.74) is 5.44. The molecule has 0 radical (unpaired) electrons. The number of ether oxygens (including phenoxy) is 1. The number of aryl methyl sites for hydroxylation is 1. The van der Waals surface area contributed by atoms with E-state index in [9.17, 15) is 24.3 Å². The normalized spacial score (nSPS) is 15.1. The van der Waals surface area contributed by atoms with E-state index >= 15 is 0 Å². The standard InChI is InChI=1S/C28H44N4O6/c1-6-7-8-17-30-25(35)23(20-14-9-11-18(2)24(20)34)32(19-12-10-13-19)26(36)21(15-16-22(29)33)31-27(37)38-28(3,4)5/h9,11,14,19,21,23,34H,6-8,10,12-13,15-17H2,1-5H3,(H2,29,33)(H,30,35)(H,31,37). The van der Waals surface area contributed by atoms with Crippen molar-refractivity contribution in [3.05, 3.63) is 29.3 Å². The van der Waals surface area contributed by atoms with E-state index in [1.54, 1.807) is 45.9 Å². The molecular formula is C28H44N4O6. The third kappa shape index (κ3) is 8.92. The van der Waals surface area contributed by atoms with Gasteiger partial charge >= 0.3 is 6.09 Å². The molecule has 2 atom stereocenters. The van der Waals surface area contributed by atoms with Gasteiger partial charge in [-0.15, -0.1) is 0 Å². The Bertz CT molecular complexity index is 986. The van der Waals surface area contributed by atoms with Crippen LogP contribution in [-0.4, -0.2) is 58.1 Å². The molecule has 0 aromatic heterocycles. The van der Waals surface area contributed by atoms with Gasteiger partial charge in [0.2, 0.25) is 17.7 Å². The monoisotopic (exact) mass is 532 g/mol. The summed E-state index contributed by atoms with van der Waals surface area (Å²) in [7, 11) is 0. The fourth-order valence-electron chi connectivity index (χ4n) is 4.36. The molecule has 0 bridgehead atoms. The van der Waals surface area contributed by atoms with Crippen molar-refractivity contribution in [3.8, 4) is 5.75 Å². The number of nitrogens with two attached hydrogens (primary N) is 1. The van der Waals surface area contributed by atoms with E-state index in [1.165, 1.54) is 4.90 Å². The van der Waals surface area contributed by atoms with E-state index in [0.29, 0.717) is 30.5 Å². The fourth-order valence-corrected chi connectivity index (χ4v) is 4.36. The van der Waals surface area contributed by atoms with E-state index in [0.717, 1.165) is 25.7 Å². The fraction of sp³-hybridized carbons (Fsp3) is 0.643. The third-order valence-corrected chi connectivity index (χ3v) is 6.56. The summed E-state index contributed by atoms with van der Waals surface area (Å²) in [6.07, 6.45) is 3.93. The summed E-state index contributed by atoms with van der Waals surface area (Å²) in [6, 6.07) is 2.55. The molecule has 10 heteroatoms. The highest BCUT2D eigenvalue weighted by Crippen LogP contribution is 2.38. The molecular weight excluding hydrogens is 488 g/mol. The van der Waals surface area contributed by atoms with Gasteiger partial charge in [-0.2, -0.15) is 0 Å². The van der Waals surface area contributed by atoms with Gasteiger partial charge in [0, 0.05) is 24.6 Å². The highest BCUT2D eigenvalue weighted by molar-refractivity contribution is 5.93. The highest BCUT2D eigenvalue weighted by Gasteiger charge is 2.43. The summed E-state index contributed by atoms with van der Waals surface area (Å²) >= 11 is 0. The van der Waals surface area contributed by atoms with Crippen molar-refractivity contribution in [3.63, 3.8) is 0 Å². The molecule has 1 saturated carbocycles. The second-order valence-electron chi connectivity index (χ2n) is 10.9. The van der Waals surface area contributed by atoms with Gasteiger partial charge in [0.1, 0.15) is 23.4 Å². The van der Waals surface area contributed by atoms with Gasteiger partial charge in [-0.05, 0) is 65.4 Å². The molecule has 1 aliphatic carbocycles. The summed E-state index contributed by atoms with van der Waals surface area (Å²) in [5.74, 6) is -1.62. The van der Waals surface area contributed by atoms with E-state index < -0.39 is 41.5 Å². The van der Waals surface area contributed by atoms with Gasteiger partial charge in [0.05, 0.1) is 0 Å². The Kier molecular flexibility index (Phi) is 11.4. The average molecular weight is 533 g/mol. The Morgan fingerprint density at radius 1 is 1.18 bits per heavy atom. The van der Waals surface area contributed by atoms with Gasteiger partial charge in [-0.3, -0.25) is 14.4 Å². The first-order chi connectivity index (χ1) is 17.9. The van der Waals surface area contributed by atoms with Crippen LogP contribution in [0.2, 0.25) is 0 Å². The number of aromatic hydroxyl groups is 1. The van der Waals surface area contributed by atoms with Gasteiger partial charge in [-0.1, -0.05) is 38.0 Å². The van der Waals surface area contributed by atoms with Crippen LogP contribution in [-0.2, 0) is 19.1 Å². The number of hydrogen-bond donors (Lipinski definition) is 4. The van der Waals surface area contributed by atoms with Crippen LogP contribution in [0.25, 0.3) is 0 Å². The zero-order chi connectivity index (χ0) is 28.5. The summed E-state index contributed by atoms with van der Waals surface area (Å²) in [6.45, 7) is 9.33. The highest BCUT2D eigenvalue weighted by atomic mass is 16.6. The Hall–Kier alpha value is -3.30. The second kappa shape index (κ2) is 14.0. The number of alkyl carbamates (subject to hydrolysis) is 1. The van der Waals surface area contributed by atoms with Crippen LogP contribution in [0.4, 0.5) is 4.79 Å². The minimum Gasteiger partial charge on any atom is -0.507 e. The number of para-hydroxylation sites is 1. The number of rotatable bonds is 13. The first-order valence-corrected chi connectivity index (χ1v) is 13.5. The number of primary amides is 1. The van der Waals surface area contributed by atoms with Crippen LogP contribution in [0.3, 0.4) is 0 Å². The molecule has 4 amide bonds. The Balaban J connectivity index is 2.49. The summed E-state index contributed by atoms with van der Waals surface area (Å²) in [4.78, 5) is 53.5. The van der Waals surface area contributed by atoms with Crippen LogP contribution < -0.4 is 16.4 Å². The molecule has 2 rings (SSSR count). The molecule has 0 aliphatic heterocycles. The van der Waals surface area contributed by atoms with Crippen LogP contribution in [0.5, 0.6) is 5.75 Å². The van der Waals surface area contributed by atoms with Crippen LogP contribution >= 0.6 is 0 Å². The molecule has 0 heterocycles. The molecule has 1 aliphatic rings. The number of amides is 4. The predicted molar refractivity (Wildman–Crippen MR) is 144 cm³/mol. The summed E-state index contributed by atoms with van der Waals surface area (Å²) in [5, 5.41) is 16.5. The van der Waals surface area contributed by atoms with Crippen LogP contribution in [0.15, 0.2) is 18.2 Å². The third-order valence-electron chi connectivity index (χ3n) is 6.56. The zero-order valence-electron chi connectivity index (χ0n) is 23.3. The van der Waals surface area contributed by atoms with Crippen molar-refractivity contribution < 1.29 is 29.0 Å². The molecule has 38 heavy (non-hydrogen) atoms. The number of carbonyl (C=O) groups excluding carboxylic acids is 4. The van der Waals surface area contributed by atoms with E-state index in [2.05, 4.69) is 17.6 Å². The number of hydrogen-bond acceptors (Lipinski definition) is 6. The maximum atomic E-state index is 14.1. The molecule has 0 saturated heterocycles. The van der Waals surface area contributed by atoms with Crippen LogP contribution in [0, 0.1) is 6.92 Å². The molecule has 10 nitrogen and oxygen atoms in total. The number of phenols is 1. The maximum Gasteiger partial charge on any atom is 0.408 e. The molecule has 1 aromatic rings. The van der Waals surface area contributed by atoms with Crippen molar-refractivity contribution in [1.29, 1.82) is 0 Å². The molecule has 5 N–H and O–H groups in total. The number of nitrogens with one attached hydrogen (secondary N) is 2. The second-order valence-corrected chi connectivity index (χ2v) is 10.9. The van der Waals surface area contributed by atoms with Gasteiger partial charge in [0.15, 0.2) is 0 Å². The van der Waals surface area contributed by atoms with Gasteiger partial charge in [-0.25, -0.2) is 4.79 Å². The summed E-state index contributed by atoms with van der Waals surface area (Å²) < 4.78 is 5.35. The Morgan fingerprint density at radius 3 is 2.42 bits per heavy atom. The lowest BCUT2D eigenvalue weighted by Crippen LogP contribution is -2.57. The number of unbranched alkanes of at least 4 members (excludes halogenated alkanes) is 2. The average Bonchev–Trinajstić information content (AvgIpc) is 2.78. The van der Waals surface area contributed by atoms with Crippen LogP contribution in [0.1, 0.15) is 96.2 Å². The Morgan fingerprint density at radius 2 is 1.87 bits per heavy atom. The quantitative estimate of drug-likeness (QED) is 0.285. The Labute approximate surface area is 225 Å². The number of nitrogens with zero attached hydrogens (tertiary/aromatic N) is 1. The van der Waals surface area contributed by atoms with E-state index in [4.69, 9.17) is 10.5 Å². The van der Waals surface area contributed by atoms with Gasteiger partial charge < -0.3 is 31.1 Å². The number of benzene rings is 1. The van der Waals surface area contributed by atoms with Crippen molar-refractivity contribution in [2.24, 2.45) is 5.73 Å². The molecule has 212 valence electrons. The number of phenolic OH excluding ortho intramolecular Hbond substituents is 1. The lowest BCUT2D eigenvalue weighted by molar-refractivity contribution is -0.147. The van der Waals surface area contributed by atoms with Crippen molar-refractivity contribution >= 4 is 23.8 Å². The molecule has 1 aromatic carbocycles. The zero-order valence-corrected chi connectivity index (χ0v) is 23.3. The lowest BCUT2D eigenvalue weighted by atomic mass is 9.87. The van der Waals surface area contributed by atoms with Crippen molar-refractivity contribution in [1.82, 2.24) is 15.5 Å². The van der Waals surface area contributed by atoms with E-state index in [1.807, 2.05) is 0 Å². The molecule has 2 unspecified atom stereocenters. The predicted octanol–water partition coefficient (Wildman–Crippen LogP) is 3.59. The first kappa shape index (κ1) is 30.9. The van der Waals surface area contributed by atoms with Crippen molar-refractivity contribution in [2.75, 3.05) is 6.54 Å². The minimum absolute atomic E-state index is 0.0543. The van der Waals surface area contributed by atoms with Crippen molar-refractivity contribution in [2.45, 2.75) is 110 Å². The minimum atomic E-state index is -1.15. The lowest BCUT2D eigenvalue weighted by Gasteiger charge is -2.43. The largest absolute Gasteiger partial charge is 0.507 e. The van der Waals surface area contributed by atoms with Gasteiger partial charge in [0.25, 0.3) is 0 Å². The maximum absolute atomic E-state index is 14.1. The molecule has 1 fully saturated rings. The number of carbonyl (C=O) groups is 4. The molecule has 0 spiro atoms. The smallest absolute Gasteiger partial charge is 0.408 e. The topological polar surface area (TPSA) is 151 Å². The SMILES string of the molecule is CCCCCNC(=O)C(c1cccc(C)c1O)N(C(=O)C(CCC(N)=O)NC(=O)OC(C)(C)C)C1CCC1. The first-order valence-electron chi connectivity index (χ1n) is 13.5. The van der Waals surface area contributed by atoms with E-state index in [-0.39, 0.29) is 24.6 Å².